The molecule has 1 heterocycles. The first-order valence-corrected chi connectivity index (χ1v) is 6.70. The van der Waals surface area contributed by atoms with Crippen LogP contribution in [0.2, 0.25) is 0 Å². The van der Waals surface area contributed by atoms with Gasteiger partial charge in [0.2, 0.25) is 0 Å². The molecule has 6 nitrogen and oxygen atoms in total. The van der Waals surface area contributed by atoms with Crippen LogP contribution < -0.4 is 10.5 Å². The molecule has 1 aliphatic rings. The van der Waals surface area contributed by atoms with Crippen LogP contribution in [-0.4, -0.2) is 30.7 Å². The van der Waals surface area contributed by atoms with Gasteiger partial charge in [0.1, 0.15) is 6.26 Å². The van der Waals surface area contributed by atoms with Crippen LogP contribution in [0.1, 0.15) is 36.7 Å². The molecule has 0 bridgehead atoms. The van der Waals surface area contributed by atoms with E-state index in [-0.39, 0.29) is 11.8 Å². The highest BCUT2D eigenvalue weighted by molar-refractivity contribution is 5.86. The van der Waals surface area contributed by atoms with Gasteiger partial charge in [0.05, 0.1) is 13.2 Å². The van der Waals surface area contributed by atoms with Crippen LogP contribution in [-0.2, 0) is 4.74 Å². The van der Waals surface area contributed by atoms with Gasteiger partial charge in [-0.15, -0.1) is 0 Å². The highest BCUT2D eigenvalue weighted by Gasteiger charge is 2.27. The molecule has 2 atom stereocenters. The molecule has 2 unspecified atom stereocenters. The molecule has 0 aromatic carbocycles. The highest BCUT2D eigenvalue weighted by Crippen LogP contribution is 2.31. The van der Waals surface area contributed by atoms with Crippen LogP contribution >= 0.6 is 0 Å². The number of ether oxygens (including phenoxy) is 2. The Bertz CT molecular complexity index is 419. The monoisotopic (exact) mass is 268 g/mol. The molecular formula is C13H20N2O4. The van der Waals surface area contributed by atoms with E-state index in [1.165, 1.54) is 12.7 Å². The Morgan fingerprint density at radius 2 is 2.32 bits per heavy atom. The number of nitrogens with two attached hydrogens (primary N) is 1. The average Bonchev–Trinajstić information content (AvgIpc) is 3.05. The number of rotatable bonds is 6. The van der Waals surface area contributed by atoms with Gasteiger partial charge < -0.3 is 19.6 Å². The van der Waals surface area contributed by atoms with E-state index in [1.807, 2.05) is 0 Å². The summed E-state index contributed by atoms with van der Waals surface area (Å²) in [4.78, 5) is 15.3. The van der Waals surface area contributed by atoms with Crippen molar-refractivity contribution in [3.63, 3.8) is 0 Å². The summed E-state index contributed by atoms with van der Waals surface area (Å²) in [6.45, 7) is 3.27. The lowest BCUT2D eigenvalue weighted by Crippen LogP contribution is -2.23. The molecule has 1 aromatic heterocycles. The third kappa shape index (κ3) is 3.47. The summed E-state index contributed by atoms with van der Waals surface area (Å²) in [5.41, 5.74) is 5.85. The second-order valence-corrected chi connectivity index (χ2v) is 4.72. The van der Waals surface area contributed by atoms with Gasteiger partial charge in [-0.1, -0.05) is 6.42 Å². The summed E-state index contributed by atoms with van der Waals surface area (Å²) in [7, 11) is 0. The van der Waals surface area contributed by atoms with Crippen molar-refractivity contribution in [2.24, 2.45) is 17.6 Å². The van der Waals surface area contributed by atoms with Gasteiger partial charge >= 0.3 is 12.0 Å². The lowest BCUT2D eigenvalue weighted by atomic mass is 9.97. The molecule has 1 aromatic rings. The first kappa shape index (κ1) is 13.9. The number of carbonyl (C=O) groups excluding carboxylic acids is 1. The van der Waals surface area contributed by atoms with Crippen LogP contribution in [0.15, 0.2) is 10.7 Å². The SMILES string of the molecule is CCOC(=O)c1coc(OCC2CCCC2CN)n1. The second-order valence-electron chi connectivity index (χ2n) is 4.72. The number of esters is 1. The van der Waals surface area contributed by atoms with E-state index in [2.05, 4.69) is 4.98 Å². The van der Waals surface area contributed by atoms with Crippen LogP contribution in [0.4, 0.5) is 0 Å². The Balaban J connectivity index is 1.85. The third-order valence-corrected chi connectivity index (χ3v) is 3.51. The average molecular weight is 268 g/mol. The van der Waals surface area contributed by atoms with Crippen LogP contribution in [0.5, 0.6) is 6.08 Å². The molecule has 1 saturated carbocycles. The molecule has 1 fully saturated rings. The molecule has 0 aliphatic heterocycles. The molecule has 0 saturated heterocycles. The Morgan fingerprint density at radius 3 is 3.05 bits per heavy atom. The number of hydrogen-bond acceptors (Lipinski definition) is 6. The fraction of sp³-hybridized carbons (Fsp3) is 0.692. The maximum atomic E-state index is 11.4. The molecule has 2 N–H and O–H groups in total. The summed E-state index contributed by atoms with van der Waals surface area (Å²) in [6, 6.07) is 0. The first-order valence-electron chi connectivity index (χ1n) is 6.70. The van der Waals surface area contributed by atoms with Gasteiger partial charge in [-0.05, 0) is 38.1 Å². The maximum absolute atomic E-state index is 11.4. The number of oxazole rings is 1. The van der Waals surface area contributed by atoms with E-state index in [0.717, 1.165) is 12.8 Å². The second kappa shape index (κ2) is 6.56. The Morgan fingerprint density at radius 1 is 1.53 bits per heavy atom. The summed E-state index contributed by atoms with van der Waals surface area (Å²) in [5, 5.41) is 0. The fourth-order valence-electron chi connectivity index (χ4n) is 2.44. The smallest absolute Gasteiger partial charge is 0.394 e. The Labute approximate surface area is 112 Å². The standard InChI is InChI=1S/C13H20N2O4/c1-2-17-12(16)11-8-19-13(15-11)18-7-10-5-3-4-9(10)6-14/h8-10H,2-7,14H2,1H3. The number of hydrogen-bond donors (Lipinski definition) is 1. The molecule has 106 valence electrons. The zero-order valence-electron chi connectivity index (χ0n) is 11.1. The molecular weight excluding hydrogens is 248 g/mol. The van der Waals surface area contributed by atoms with Gasteiger partial charge in [0.15, 0.2) is 5.69 Å². The van der Waals surface area contributed by atoms with Crippen molar-refractivity contribution in [3.8, 4) is 6.08 Å². The number of nitrogens with zero attached hydrogens (tertiary/aromatic N) is 1. The molecule has 0 radical (unpaired) electrons. The fourth-order valence-corrected chi connectivity index (χ4v) is 2.44. The third-order valence-electron chi connectivity index (χ3n) is 3.51. The van der Waals surface area contributed by atoms with Crippen molar-refractivity contribution in [3.05, 3.63) is 12.0 Å². The van der Waals surface area contributed by atoms with Crippen LogP contribution in [0.3, 0.4) is 0 Å². The molecule has 0 spiro atoms. The quantitative estimate of drug-likeness (QED) is 0.788. The van der Waals surface area contributed by atoms with Gasteiger partial charge in [-0.25, -0.2) is 4.79 Å². The lowest BCUT2D eigenvalue weighted by Gasteiger charge is -2.16. The summed E-state index contributed by atoms with van der Waals surface area (Å²) < 4.78 is 15.4. The van der Waals surface area contributed by atoms with Gasteiger partial charge in [-0.2, -0.15) is 4.98 Å². The van der Waals surface area contributed by atoms with E-state index >= 15 is 0 Å². The van der Waals surface area contributed by atoms with Gasteiger partial charge in [-0.3, -0.25) is 0 Å². The summed E-state index contributed by atoms with van der Waals surface area (Å²) in [5.74, 6) is 0.462. The Kier molecular flexibility index (Phi) is 4.79. The zero-order chi connectivity index (χ0) is 13.7. The van der Waals surface area contributed by atoms with Crippen molar-refractivity contribution in [2.75, 3.05) is 19.8 Å². The van der Waals surface area contributed by atoms with E-state index in [1.54, 1.807) is 6.92 Å². The first-order chi connectivity index (χ1) is 9.24. The van der Waals surface area contributed by atoms with Crippen molar-refractivity contribution >= 4 is 5.97 Å². The predicted molar refractivity (Wildman–Crippen MR) is 67.8 cm³/mol. The highest BCUT2D eigenvalue weighted by atomic mass is 16.6. The predicted octanol–water partition coefficient (Wildman–Crippen LogP) is 1.61. The van der Waals surface area contributed by atoms with Crippen molar-refractivity contribution in [1.29, 1.82) is 0 Å². The largest absolute Gasteiger partial charge is 0.461 e. The van der Waals surface area contributed by atoms with Gasteiger partial charge in [0, 0.05) is 0 Å². The minimum Gasteiger partial charge on any atom is -0.461 e. The van der Waals surface area contributed by atoms with E-state index < -0.39 is 5.97 Å². The van der Waals surface area contributed by atoms with Crippen molar-refractivity contribution in [2.45, 2.75) is 26.2 Å². The van der Waals surface area contributed by atoms with E-state index in [4.69, 9.17) is 19.6 Å². The Hall–Kier alpha value is -1.56. The number of aromatic nitrogens is 1. The zero-order valence-corrected chi connectivity index (χ0v) is 11.1. The maximum Gasteiger partial charge on any atom is 0.394 e. The number of carbonyl (C=O) groups is 1. The normalized spacial score (nSPS) is 22.4. The molecule has 0 amide bonds. The molecule has 2 rings (SSSR count). The lowest BCUT2D eigenvalue weighted by molar-refractivity contribution is 0.0519. The van der Waals surface area contributed by atoms with E-state index in [0.29, 0.717) is 31.6 Å². The summed E-state index contributed by atoms with van der Waals surface area (Å²) >= 11 is 0. The minimum atomic E-state index is -0.498. The van der Waals surface area contributed by atoms with Crippen molar-refractivity contribution < 1.29 is 18.7 Å². The molecule has 19 heavy (non-hydrogen) atoms. The van der Waals surface area contributed by atoms with Crippen LogP contribution in [0, 0.1) is 11.8 Å². The molecule has 6 heteroatoms. The van der Waals surface area contributed by atoms with E-state index in [9.17, 15) is 4.79 Å². The minimum absolute atomic E-state index is 0.116. The topological polar surface area (TPSA) is 87.6 Å². The van der Waals surface area contributed by atoms with Gasteiger partial charge in [0.25, 0.3) is 0 Å². The molecule has 1 aliphatic carbocycles. The van der Waals surface area contributed by atoms with Crippen molar-refractivity contribution in [1.82, 2.24) is 4.98 Å². The summed E-state index contributed by atoms with van der Waals surface area (Å²) in [6.07, 6.45) is 4.83. The van der Waals surface area contributed by atoms with Crippen LogP contribution in [0.25, 0.3) is 0 Å².